The summed E-state index contributed by atoms with van der Waals surface area (Å²) in [4.78, 5) is 0. The van der Waals surface area contributed by atoms with Crippen LogP contribution >= 0.6 is 0 Å². The van der Waals surface area contributed by atoms with Gasteiger partial charge in [-0.15, -0.1) is 0 Å². The molecule has 1 aliphatic rings. The van der Waals surface area contributed by atoms with Crippen molar-refractivity contribution in [2.24, 2.45) is 0 Å². The first kappa shape index (κ1) is 16.1. The number of hydrogen-bond acceptors (Lipinski definition) is 6. The molecular formula is C15H14O6S2. The van der Waals surface area contributed by atoms with E-state index in [1.807, 2.05) is 0 Å². The topological polar surface area (TPSA) is 86.7 Å². The normalized spacial score (nSPS) is 15.9. The second-order valence-electron chi connectivity index (χ2n) is 5.28. The highest BCUT2D eigenvalue weighted by molar-refractivity contribution is 7.86. The summed E-state index contributed by atoms with van der Waals surface area (Å²) in [5.74, 6) is -2.05. The molecule has 0 aromatic heterocycles. The highest BCUT2D eigenvalue weighted by Crippen LogP contribution is 2.51. The zero-order valence-electron chi connectivity index (χ0n) is 12.4. The average molecular weight is 354 g/mol. The fraction of sp³-hybridized carbons (Fsp3) is 0.200. The maximum absolute atomic E-state index is 11.8. The summed E-state index contributed by atoms with van der Waals surface area (Å²) in [6, 6.07) is 13.6. The molecular weight excluding hydrogens is 340 g/mol. The Balaban J connectivity index is 2.38. The first-order valence-corrected chi connectivity index (χ1v) is 10.3. The summed E-state index contributed by atoms with van der Waals surface area (Å²) in [7, 11) is -8.03. The van der Waals surface area contributed by atoms with E-state index >= 15 is 0 Å². The highest BCUT2D eigenvalue weighted by Gasteiger charge is 2.50. The van der Waals surface area contributed by atoms with Crippen LogP contribution in [0.4, 0.5) is 0 Å². The van der Waals surface area contributed by atoms with Crippen LogP contribution in [0.15, 0.2) is 48.5 Å². The van der Waals surface area contributed by atoms with Crippen molar-refractivity contribution in [1.82, 2.24) is 0 Å². The van der Waals surface area contributed by atoms with Crippen LogP contribution in [0.2, 0.25) is 0 Å². The third-order valence-corrected chi connectivity index (χ3v) is 4.47. The van der Waals surface area contributed by atoms with Gasteiger partial charge in [-0.2, -0.15) is 16.8 Å². The van der Waals surface area contributed by atoms with Crippen LogP contribution in [-0.2, 0) is 34.4 Å². The van der Waals surface area contributed by atoms with Gasteiger partial charge in [-0.1, -0.05) is 48.5 Å². The van der Waals surface area contributed by atoms with Gasteiger partial charge in [0.1, 0.15) is 0 Å². The van der Waals surface area contributed by atoms with E-state index in [2.05, 4.69) is 0 Å². The Bertz CT molecular complexity index is 895. The van der Waals surface area contributed by atoms with Crippen molar-refractivity contribution in [2.45, 2.75) is 5.79 Å². The monoisotopic (exact) mass is 354 g/mol. The first-order chi connectivity index (χ1) is 10.6. The van der Waals surface area contributed by atoms with Crippen LogP contribution < -0.4 is 0 Å². The van der Waals surface area contributed by atoms with E-state index in [0.29, 0.717) is 22.3 Å². The van der Waals surface area contributed by atoms with Crippen LogP contribution in [0.1, 0.15) is 11.1 Å². The second kappa shape index (κ2) is 5.13. The minimum Gasteiger partial charge on any atom is -0.225 e. The Morgan fingerprint density at radius 3 is 1.39 bits per heavy atom. The molecule has 2 aromatic rings. The van der Waals surface area contributed by atoms with E-state index in [9.17, 15) is 16.8 Å². The van der Waals surface area contributed by atoms with E-state index in [-0.39, 0.29) is 0 Å². The average Bonchev–Trinajstić information content (AvgIpc) is 2.67. The third-order valence-electron chi connectivity index (χ3n) is 3.39. The van der Waals surface area contributed by atoms with Crippen LogP contribution in [-0.4, -0.2) is 29.3 Å². The lowest BCUT2D eigenvalue weighted by atomic mass is 10.0. The molecule has 0 saturated heterocycles. The van der Waals surface area contributed by atoms with Crippen molar-refractivity contribution in [1.29, 1.82) is 0 Å². The van der Waals surface area contributed by atoms with E-state index in [1.165, 1.54) is 0 Å². The zero-order chi connectivity index (χ0) is 16.9. The van der Waals surface area contributed by atoms with E-state index in [4.69, 9.17) is 8.37 Å². The summed E-state index contributed by atoms with van der Waals surface area (Å²) in [5, 5.41) is 0. The minimum absolute atomic E-state index is 0.331. The Morgan fingerprint density at radius 2 is 1.04 bits per heavy atom. The van der Waals surface area contributed by atoms with Crippen molar-refractivity contribution in [3.05, 3.63) is 59.7 Å². The fourth-order valence-electron chi connectivity index (χ4n) is 2.77. The third kappa shape index (κ3) is 2.90. The van der Waals surface area contributed by atoms with Crippen molar-refractivity contribution in [3.8, 4) is 11.1 Å². The summed E-state index contributed by atoms with van der Waals surface area (Å²) < 4.78 is 57.6. The van der Waals surface area contributed by atoms with Crippen LogP contribution in [0.5, 0.6) is 0 Å². The van der Waals surface area contributed by atoms with Gasteiger partial charge in [-0.3, -0.25) is 0 Å². The van der Waals surface area contributed by atoms with Gasteiger partial charge in [0.2, 0.25) is 0 Å². The lowest BCUT2D eigenvalue weighted by molar-refractivity contribution is -0.0689. The van der Waals surface area contributed by atoms with Crippen molar-refractivity contribution >= 4 is 20.2 Å². The number of benzene rings is 2. The zero-order valence-corrected chi connectivity index (χ0v) is 14.0. The van der Waals surface area contributed by atoms with Gasteiger partial charge < -0.3 is 0 Å². The molecule has 23 heavy (non-hydrogen) atoms. The predicted molar refractivity (Wildman–Crippen MR) is 84.5 cm³/mol. The standard InChI is InChI=1S/C15H14O6S2/c1-22(16,17)20-15(21-23(2,18)19)13-9-5-3-7-11(13)12-8-4-6-10-14(12)15/h3-10H,1-2H3. The smallest absolute Gasteiger partial charge is 0.225 e. The van der Waals surface area contributed by atoms with Crippen molar-refractivity contribution in [2.75, 3.05) is 12.5 Å². The predicted octanol–water partition coefficient (Wildman–Crippen LogP) is 1.82. The van der Waals surface area contributed by atoms with Crippen LogP contribution in [0.25, 0.3) is 11.1 Å². The SMILES string of the molecule is CS(=O)(=O)OC1(OS(C)(=O)=O)c2ccccc2-c2ccccc21. The molecule has 0 N–H and O–H groups in total. The first-order valence-electron chi connectivity index (χ1n) is 6.63. The molecule has 0 amide bonds. The quantitative estimate of drug-likeness (QED) is 0.615. The summed E-state index contributed by atoms with van der Waals surface area (Å²) in [6.45, 7) is 0. The molecule has 6 nitrogen and oxygen atoms in total. The Morgan fingerprint density at radius 1 is 0.696 bits per heavy atom. The van der Waals surface area contributed by atoms with Gasteiger partial charge in [0.05, 0.1) is 12.5 Å². The number of fused-ring (bicyclic) bond motifs is 3. The maximum atomic E-state index is 11.8. The summed E-state index contributed by atoms with van der Waals surface area (Å²) in [6.07, 6.45) is 1.70. The molecule has 1 aliphatic carbocycles. The molecule has 0 saturated carbocycles. The molecule has 0 heterocycles. The Labute approximate surface area is 134 Å². The van der Waals surface area contributed by atoms with E-state index < -0.39 is 26.0 Å². The maximum Gasteiger partial charge on any atom is 0.267 e. The number of hydrogen-bond donors (Lipinski definition) is 0. The number of rotatable bonds is 4. The van der Waals surface area contributed by atoms with Gasteiger partial charge in [0.15, 0.2) is 0 Å². The molecule has 0 atom stereocenters. The second-order valence-corrected chi connectivity index (χ2v) is 8.43. The molecule has 3 rings (SSSR count). The van der Waals surface area contributed by atoms with Gasteiger partial charge in [0, 0.05) is 11.1 Å². The molecule has 0 unspecified atom stereocenters. The van der Waals surface area contributed by atoms with E-state index in [0.717, 1.165) is 12.5 Å². The van der Waals surface area contributed by atoms with Gasteiger partial charge >= 0.3 is 0 Å². The molecule has 122 valence electrons. The molecule has 0 aliphatic heterocycles. The van der Waals surface area contributed by atoms with Gasteiger partial charge in [-0.25, -0.2) is 8.37 Å². The molecule has 0 fully saturated rings. The molecule has 0 bridgehead atoms. The molecule has 2 aromatic carbocycles. The molecule has 0 radical (unpaired) electrons. The molecule has 0 spiro atoms. The van der Waals surface area contributed by atoms with Crippen molar-refractivity contribution in [3.63, 3.8) is 0 Å². The largest absolute Gasteiger partial charge is 0.267 e. The lowest BCUT2D eigenvalue weighted by Crippen LogP contribution is -2.36. The summed E-state index contributed by atoms with van der Waals surface area (Å²) in [5.41, 5.74) is 1.99. The van der Waals surface area contributed by atoms with Gasteiger partial charge in [0.25, 0.3) is 26.0 Å². The van der Waals surface area contributed by atoms with Crippen LogP contribution in [0.3, 0.4) is 0 Å². The highest BCUT2D eigenvalue weighted by atomic mass is 32.2. The Kier molecular flexibility index (Phi) is 3.60. The lowest BCUT2D eigenvalue weighted by Gasteiger charge is -2.28. The van der Waals surface area contributed by atoms with E-state index in [1.54, 1.807) is 48.5 Å². The van der Waals surface area contributed by atoms with Gasteiger partial charge in [-0.05, 0) is 11.1 Å². The Hall–Kier alpha value is -1.74. The molecule has 8 heteroatoms. The fourth-order valence-corrected chi connectivity index (χ4v) is 4.10. The minimum atomic E-state index is -4.01. The van der Waals surface area contributed by atoms with Crippen LogP contribution in [0, 0.1) is 0 Å². The van der Waals surface area contributed by atoms with Crippen molar-refractivity contribution < 1.29 is 25.2 Å². The summed E-state index contributed by atoms with van der Waals surface area (Å²) >= 11 is 0.